The molecule has 2 aliphatic rings. The van der Waals surface area contributed by atoms with E-state index in [-0.39, 0.29) is 0 Å². The van der Waals surface area contributed by atoms with Gasteiger partial charge in [0.2, 0.25) is 0 Å². The van der Waals surface area contributed by atoms with E-state index in [1.807, 2.05) is 36.0 Å². The molecule has 1 spiro atoms. The molecule has 1 aliphatic carbocycles. The highest BCUT2D eigenvalue weighted by Crippen LogP contribution is 2.47. The zero-order valence-corrected chi connectivity index (χ0v) is 16.1. The van der Waals surface area contributed by atoms with Crippen LogP contribution >= 0.6 is 24.0 Å². The van der Waals surface area contributed by atoms with Crippen molar-refractivity contribution in [3.63, 3.8) is 0 Å². The minimum Gasteiger partial charge on any atom is -0.448 e. The molecule has 0 amide bonds. The number of rotatable bonds is 5. The van der Waals surface area contributed by atoms with E-state index in [1.165, 1.54) is 4.90 Å². The van der Waals surface area contributed by atoms with E-state index in [0.717, 1.165) is 55.2 Å². The van der Waals surface area contributed by atoms with Gasteiger partial charge in [-0.15, -0.1) is 11.8 Å². The maximum atomic E-state index is 6.10. The van der Waals surface area contributed by atoms with E-state index >= 15 is 0 Å². The molecule has 0 aromatic heterocycles. The standard InChI is InChI=1S/C20H22N2O2S2/c25-19(21-12-13-26-16-6-2-1-3-7-16)22-15-8-9-17-18(14-15)24-20(23-17)10-4-5-11-20/h1-3,6-9,14H,4-5,10-13H2,(H2,21,22,25). The second-order valence-electron chi connectivity index (χ2n) is 6.53. The van der Waals surface area contributed by atoms with E-state index in [9.17, 15) is 0 Å². The molecule has 0 unspecified atom stereocenters. The molecule has 0 bridgehead atoms. The summed E-state index contributed by atoms with van der Waals surface area (Å²) < 4.78 is 12.1. The van der Waals surface area contributed by atoms with Crippen LogP contribution in [0.25, 0.3) is 0 Å². The zero-order valence-electron chi connectivity index (χ0n) is 14.5. The Bertz CT molecular complexity index is 777. The number of hydrogen-bond acceptors (Lipinski definition) is 4. The van der Waals surface area contributed by atoms with Gasteiger partial charge in [-0.05, 0) is 49.3 Å². The highest BCUT2D eigenvalue weighted by molar-refractivity contribution is 7.99. The lowest BCUT2D eigenvalue weighted by atomic mass is 10.2. The van der Waals surface area contributed by atoms with Crippen LogP contribution in [0.1, 0.15) is 25.7 Å². The predicted octanol–water partition coefficient (Wildman–Crippen LogP) is 4.81. The van der Waals surface area contributed by atoms with Crippen LogP contribution in [0, 0.1) is 0 Å². The highest BCUT2D eigenvalue weighted by atomic mass is 32.2. The number of thioether (sulfide) groups is 1. The molecule has 1 fully saturated rings. The Kier molecular flexibility index (Phi) is 5.22. The number of anilines is 1. The average Bonchev–Trinajstić information content (AvgIpc) is 3.25. The Labute approximate surface area is 163 Å². The molecule has 136 valence electrons. The third kappa shape index (κ3) is 4.07. The van der Waals surface area contributed by atoms with E-state index < -0.39 is 5.79 Å². The molecule has 2 N–H and O–H groups in total. The van der Waals surface area contributed by atoms with Gasteiger partial charge in [-0.1, -0.05) is 18.2 Å². The van der Waals surface area contributed by atoms with Crippen molar-refractivity contribution in [1.29, 1.82) is 0 Å². The van der Waals surface area contributed by atoms with Gasteiger partial charge in [0.05, 0.1) is 0 Å². The van der Waals surface area contributed by atoms with Crippen molar-refractivity contribution in [3.8, 4) is 11.5 Å². The third-order valence-corrected chi connectivity index (χ3v) is 5.82. The summed E-state index contributed by atoms with van der Waals surface area (Å²) in [6.07, 6.45) is 4.25. The second kappa shape index (κ2) is 7.76. The Morgan fingerprint density at radius 2 is 1.81 bits per heavy atom. The molecular formula is C20H22N2O2S2. The molecule has 1 aliphatic heterocycles. The first-order valence-electron chi connectivity index (χ1n) is 8.97. The number of hydrogen-bond donors (Lipinski definition) is 2. The van der Waals surface area contributed by atoms with Gasteiger partial charge in [0, 0.05) is 41.8 Å². The van der Waals surface area contributed by atoms with Gasteiger partial charge in [-0.3, -0.25) is 0 Å². The molecule has 0 atom stereocenters. The van der Waals surface area contributed by atoms with Crippen molar-refractivity contribution in [2.75, 3.05) is 17.6 Å². The van der Waals surface area contributed by atoms with Crippen molar-refractivity contribution in [2.24, 2.45) is 0 Å². The van der Waals surface area contributed by atoms with Crippen LogP contribution in [-0.2, 0) is 0 Å². The number of fused-ring (bicyclic) bond motifs is 1. The lowest BCUT2D eigenvalue weighted by Crippen LogP contribution is -2.34. The summed E-state index contributed by atoms with van der Waals surface area (Å²) in [6.45, 7) is 0.805. The molecular weight excluding hydrogens is 364 g/mol. The van der Waals surface area contributed by atoms with E-state index in [4.69, 9.17) is 21.7 Å². The van der Waals surface area contributed by atoms with Gasteiger partial charge < -0.3 is 20.1 Å². The van der Waals surface area contributed by atoms with Crippen molar-refractivity contribution in [2.45, 2.75) is 36.4 Å². The maximum Gasteiger partial charge on any atom is 0.251 e. The number of ether oxygens (including phenoxy) is 2. The van der Waals surface area contributed by atoms with Crippen LogP contribution in [0.3, 0.4) is 0 Å². The molecule has 4 rings (SSSR count). The summed E-state index contributed by atoms with van der Waals surface area (Å²) in [5.41, 5.74) is 0.913. The molecule has 2 aromatic carbocycles. The molecule has 26 heavy (non-hydrogen) atoms. The van der Waals surface area contributed by atoms with E-state index in [0.29, 0.717) is 5.11 Å². The van der Waals surface area contributed by atoms with E-state index in [1.54, 1.807) is 0 Å². The molecule has 0 saturated heterocycles. The van der Waals surface area contributed by atoms with Crippen molar-refractivity contribution >= 4 is 34.8 Å². The topological polar surface area (TPSA) is 42.5 Å². The number of thiocarbonyl (C=S) groups is 1. The van der Waals surface area contributed by atoms with Crippen LogP contribution in [-0.4, -0.2) is 23.2 Å². The van der Waals surface area contributed by atoms with Gasteiger partial charge in [-0.25, -0.2) is 0 Å². The quantitative estimate of drug-likeness (QED) is 0.437. The van der Waals surface area contributed by atoms with Crippen LogP contribution < -0.4 is 20.1 Å². The smallest absolute Gasteiger partial charge is 0.251 e. The zero-order chi connectivity index (χ0) is 17.8. The molecule has 2 aromatic rings. The third-order valence-electron chi connectivity index (χ3n) is 4.56. The fourth-order valence-corrected chi connectivity index (χ4v) is 4.32. The first-order valence-corrected chi connectivity index (χ1v) is 10.4. The summed E-state index contributed by atoms with van der Waals surface area (Å²) in [7, 11) is 0. The maximum absolute atomic E-state index is 6.10. The molecule has 0 radical (unpaired) electrons. The lowest BCUT2D eigenvalue weighted by molar-refractivity contribution is -0.0716. The number of benzene rings is 2. The second-order valence-corrected chi connectivity index (χ2v) is 8.10. The monoisotopic (exact) mass is 386 g/mol. The summed E-state index contributed by atoms with van der Waals surface area (Å²) in [4.78, 5) is 1.27. The Morgan fingerprint density at radius 1 is 1.04 bits per heavy atom. The molecule has 6 heteroatoms. The normalized spacial score (nSPS) is 16.6. The molecule has 1 heterocycles. The minimum atomic E-state index is -0.422. The largest absolute Gasteiger partial charge is 0.448 e. The number of nitrogens with one attached hydrogen (secondary N) is 2. The minimum absolute atomic E-state index is 0.422. The van der Waals surface area contributed by atoms with Crippen LogP contribution in [0.4, 0.5) is 5.69 Å². The van der Waals surface area contributed by atoms with Gasteiger partial charge in [0.1, 0.15) is 0 Å². The van der Waals surface area contributed by atoms with Crippen molar-refractivity contribution in [3.05, 3.63) is 48.5 Å². The molecule has 4 nitrogen and oxygen atoms in total. The average molecular weight is 387 g/mol. The van der Waals surface area contributed by atoms with E-state index in [2.05, 4.69) is 34.9 Å². The van der Waals surface area contributed by atoms with Crippen molar-refractivity contribution in [1.82, 2.24) is 5.32 Å². The Balaban J connectivity index is 1.25. The summed E-state index contributed by atoms with van der Waals surface area (Å²) in [6, 6.07) is 16.3. The summed E-state index contributed by atoms with van der Waals surface area (Å²) >= 11 is 7.20. The van der Waals surface area contributed by atoms with Gasteiger partial charge >= 0.3 is 0 Å². The SMILES string of the molecule is S=C(NCCSc1ccccc1)Nc1ccc2c(c1)OC1(CCCC1)O2. The fourth-order valence-electron chi connectivity index (χ4n) is 3.31. The Hall–Kier alpha value is -1.92. The van der Waals surface area contributed by atoms with Crippen molar-refractivity contribution < 1.29 is 9.47 Å². The summed E-state index contributed by atoms with van der Waals surface area (Å²) in [5, 5.41) is 7.09. The predicted molar refractivity (Wildman–Crippen MR) is 110 cm³/mol. The fraction of sp³-hybridized carbons (Fsp3) is 0.350. The first-order chi connectivity index (χ1) is 12.7. The molecule has 1 saturated carbocycles. The Morgan fingerprint density at radius 3 is 2.62 bits per heavy atom. The van der Waals surface area contributed by atoms with Crippen LogP contribution in [0.2, 0.25) is 0 Å². The lowest BCUT2D eigenvalue weighted by Gasteiger charge is -2.21. The van der Waals surface area contributed by atoms with Crippen LogP contribution in [0.15, 0.2) is 53.4 Å². The van der Waals surface area contributed by atoms with Gasteiger partial charge in [0.25, 0.3) is 5.79 Å². The highest BCUT2D eigenvalue weighted by Gasteiger charge is 2.44. The first kappa shape index (κ1) is 17.5. The van der Waals surface area contributed by atoms with Gasteiger partial charge in [-0.2, -0.15) is 0 Å². The van der Waals surface area contributed by atoms with Gasteiger partial charge in [0.15, 0.2) is 16.6 Å². The summed E-state index contributed by atoms with van der Waals surface area (Å²) in [5.74, 6) is 2.17. The van der Waals surface area contributed by atoms with Crippen LogP contribution in [0.5, 0.6) is 11.5 Å².